The van der Waals surface area contributed by atoms with Crippen LogP contribution in [0.4, 0.5) is 5.13 Å². The van der Waals surface area contributed by atoms with Gasteiger partial charge in [0.05, 0.1) is 29.8 Å². The van der Waals surface area contributed by atoms with Crippen LogP contribution in [0.5, 0.6) is 11.5 Å². The Labute approximate surface area is 172 Å². The molecule has 1 aliphatic heterocycles. The predicted molar refractivity (Wildman–Crippen MR) is 114 cm³/mol. The van der Waals surface area contributed by atoms with E-state index in [0.29, 0.717) is 0 Å². The van der Waals surface area contributed by atoms with Gasteiger partial charge in [-0.2, -0.15) is 0 Å². The second kappa shape index (κ2) is 7.60. The van der Waals surface area contributed by atoms with Crippen molar-refractivity contribution in [1.29, 1.82) is 0 Å². The highest BCUT2D eigenvalue weighted by Gasteiger charge is 2.33. The van der Waals surface area contributed by atoms with Gasteiger partial charge in [0.15, 0.2) is 5.13 Å². The zero-order valence-electron chi connectivity index (χ0n) is 16.4. The van der Waals surface area contributed by atoms with Gasteiger partial charge < -0.3 is 19.3 Å². The number of fused-ring (bicyclic) bond motifs is 1. The Balaban J connectivity index is 1.63. The van der Waals surface area contributed by atoms with Crippen molar-refractivity contribution in [2.45, 2.75) is 18.9 Å². The molecular formula is C20H23N3O3S2. The Bertz CT molecular complexity index is 980. The molecule has 0 spiro atoms. The molecule has 8 heteroatoms. The molecule has 1 atom stereocenters. The molecule has 1 aliphatic rings. The molecule has 1 aromatic carbocycles. The smallest absolute Gasteiger partial charge is 0.264 e. The van der Waals surface area contributed by atoms with Gasteiger partial charge >= 0.3 is 0 Å². The number of thiazole rings is 1. The maximum absolute atomic E-state index is 13.3. The molecule has 1 amide bonds. The van der Waals surface area contributed by atoms with E-state index >= 15 is 0 Å². The number of benzene rings is 1. The third kappa shape index (κ3) is 3.31. The molecule has 3 heterocycles. The van der Waals surface area contributed by atoms with Crippen molar-refractivity contribution in [2.75, 3.05) is 39.8 Å². The van der Waals surface area contributed by atoms with Crippen LogP contribution in [0, 0.1) is 0 Å². The number of hydrogen-bond donors (Lipinski definition) is 0. The summed E-state index contributed by atoms with van der Waals surface area (Å²) in [6.45, 7) is 0.751. The van der Waals surface area contributed by atoms with Crippen molar-refractivity contribution in [1.82, 2.24) is 9.88 Å². The second-order valence-corrected chi connectivity index (χ2v) is 8.98. The summed E-state index contributed by atoms with van der Waals surface area (Å²) in [5, 5.41) is 0.960. The summed E-state index contributed by atoms with van der Waals surface area (Å²) in [6.07, 6.45) is 1.91. The molecule has 3 aromatic rings. The van der Waals surface area contributed by atoms with Gasteiger partial charge in [0.1, 0.15) is 16.3 Å². The standard InChI is InChI=1S/C20H23N3O3S2/c1-22(2)20-21-18-16(28-20)11-17(27-18)19(24)23-9-5-6-14(23)13-8-7-12(25-3)10-15(13)26-4/h7-8,10-11,14H,5-6,9H2,1-4H3/t14-/m1/s1. The fourth-order valence-electron chi connectivity index (χ4n) is 3.59. The zero-order chi connectivity index (χ0) is 19.8. The first-order valence-corrected chi connectivity index (χ1v) is 10.8. The highest BCUT2D eigenvalue weighted by molar-refractivity contribution is 7.29. The predicted octanol–water partition coefficient (Wildman–Crippen LogP) is 4.42. The lowest BCUT2D eigenvalue weighted by atomic mass is 10.0. The summed E-state index contributed by atoms with van der Waals surface area (Å²) in [7, 11) is 7.25. The van der Waals surface area contributed by atoms with Gasteiger partial charge in [0.25, 0.3) is 5.91 Å². The molecule has 0 saturated carbocycles. The average Bonchev–Trinajstić information content (AvgIpc) is 3.41. The fraction of sp³-hybridized carbons (Fsp3) is 0.400. The van der Waals surface area contributed by atoms with Crippen molar-refractivity contribution in [3.8, 4) is 11.5 Å². The topological polar surface area (TPSA) is 54.9 Å². The van der Waals surface area contributed by atoms with Crippen LogP contribution < -0.4 is 14.4 Å². The van der Waals surface area contributed by atoms with Crippen LogP contribution in [0.25, 0.3) is 9.53 Å². The zero-order valence-corrected chi connectivity index (χ0v) is 18.0. The van der Waals surface area contributed by atoms with Crippen molar-refractivity contribution in [3.63, 3.8) is 0 Å². The van der Waals surface area contributed by atoms with Crippen molar-refractivity contribution in [2.24, 2.45) is 0 Å². The van der Waals surface area contributed by atoms with Crippen LogP contribution >= 0.6 is 22.7 Å². The minimum absolute atomic E-state index is 0.0128. The van der Waals surface area contributed by atoms with Crippen LogP contribution in [0.1, 0.15) is 34.1 Å². The van der Waals surface area contributed by atoms with Gasteiger partial charge in [-0.3, -0.25) is 4.79 Å². The van der Waals surface area contributed by atoms with E-state index in [9.17, 15) is 4.79 Å². The van der Waals surface area contributed by atoms with Gasteiger partial charge in [-0.05, 0) is 31.0 Å². The maximum atomic E-state index is 13.3. The molecule has 4 rings (SSSR count). The van der Waals surface area contributed by atoms with Gasteiger partial charge in [-0.25, -0.2) is 4.98 Å². The van der Waals surface area contributed by atoms with Crippen molar-refractivity contribution >= 4 is 43.2 Å². The number of carbonyl (C=O) groups excluding carboxylic acids is 1. The number of methoxy groups -OCH3 is 2. The molecule has 0 N–H and O–H groups in total. The van der Waals surface area contributed by atoms with Crippen molar-refractivity contribution < 1.29 is 14.3 Å². The Morgan fingerprint density at radius 2 is 2.04 bits per heavy atom. The van der Waals surface area contributed by atoms with Crippen molar-refractivity contribution in [3.05, 3.63) is 34.7 Å². The minimum atomic E-state index is 0.0128. The van der Waals surface area contributed by atoms with E-state index in [2.05, 4.69) is 4.98 Å². The monoisotopic (exact) mass is 417 g/mol. The van der Waals surface area contributed by atoms with E-state index in [1.165, 1.54) is 11.3 Å². The van der Waals surface area contributed by atoms with E-state index in [4.69, 9.17) is 9.47 Å². The number of hydrogen-bond acceptors (Lipinski definition) is 7. The van der Waals surface area contributed by atoms with E-state index in [-0.39, 0.29) is 11.9 Å². The Morgan fingerprint density at radius 3 is 2.71 bits per heavy atom. The summed E-state index contributed by atoms with van der Waals surface area (Å²) in [6, 6.07) is 7.80. The van der Waals surface area contributed by atoms with Crippen LogP contribution in [-0.2, 0) is 0 Å². The first kappa shape index (κ1) is 19.0. The highest BCUT2D eigenvalue weighted by Crippen LogP contribution is 2.41. The summed E-state index contributed by atoms with van der Waals surface area (Å²) in [5.41, 5.74) is 1.03. The third-order valence-corrected chi connectivity index (χ3v) is 7.30. The SMILES string of the molecule is COc1ccc([C@H]2CCCN2C(=O)c2cc3sc(N(C)C)nc3s2)c(OC)c1. The maximum Gasteiger partial charge on any atom is 0.264 e. The summed E-state index contributed by atoms with van der Waals surface area (Å²) < 4.78 is 11.9. The van der Waals surface area contributed by atoms with Crippen LogP contribution in [0.15, 0.2) is 24.3 Å². The number of anilines is 1. The lowest BCUT2D eigenvalue weighted by Gasteiger charge is -2.26. The first-order valence-electron chi connectivity index (χ1n) is 9.12. The number of carbonyl (C=O) groups is 1. The lowest BCUT2D eigenvalue weighted by molar-refractivity contribution is 0.0739. The largest absolute Gasteiger partial charge is 0.497 e. The molecule has 0 unspecified atom stereocenters. The summed E-state index contributed by atoms with van der Waals surface area (Å²) in [4.78, 5) is 23.5. The Kier molecular flexibility index (Phi) is 5.16. The lowest BCUT2D eigenvalue weighted by Crippen LogP contribution is -2.30. The normalized spacial score (nSPS) is 16.6. The van der Waals surface area contributed by atoms with E-state index in [0.717, 1.165) is 56.0 Å². The van der Waals surface area contributed by atoms with Gasteiger partial charge in [0, 0.05) is 32.3 Å². The number of amides is 1. The molecule has 148 valence electrons. The van der Waals surface area contributed by atoms with Gasteiger partial charge in [-0.1, -0.05) is 11.3 Å². The highest BCUT2D eigenvalue weighted by atomic mass is 32.1. The number of rotatable bonds is 5. The van der Waals surface area contributed by atoms with E-state index in [1.807, 2.05) is 48.2 Å². The summed E-state index contributed by atoms with van der Waals surface area (Å²) >= 11 is 3.09. The molecule has 1 saturated heterocycles. The minimum Gasteiger partial charge on any atom is -0.497 e. The fourth-order valence-corrected chi connectivity index (χ4v) is 5.68. The number of ether oxygens (including phenoxy) is 2. The first-order chi connectivity index (χ1) is 13.5. The quantitative estimate of drug-likeness (QED) is 0.615. The van der Waals surface area contributed by atoms with E-state index in [1.54, 1.807) is 25.6 Å². The summed E-state index contributed by atoms with van der Waals surface area (Å²) in [5.74, 6) is 1.58. The van der Waals surface area contributed by atoms with E-state index < -0.39 is 0 Å². The molecule has 6 nitrogen and oxygen atoms in total. The number of aromatic nitrogens is 1. The van der Waals surface area contributed by atoms with Crippen LogP contribution in [-0.4, -0.2) is 50.7 Å². The molecule has 2 aromatic heterocycles. The average molecular weight is 418 g/mol. The Morgan fingerprint density at radius 1 is 1.21 bits per heavy atom. The molecule has 0 aliphatic carbocycles. The third-order valence-electron chi connectivity index (χ3n) is 4.98. The second-order valence-electron chi connectivity index (χ2n) is 6.94. The molecule has 0 bridgehead atoms. The molecule has 0 radical (unpaired) electrons. The Hall–Kier alpha value is -2.32. The van der Waals surface area contributed by atoms with Gasteiger partial charge in [-0.15, -0.1) is 11.3 Å². The number of nitrogens with zero attached hydrogens (tertiary/aromatic N) is 3. The molecule has 1 fully saturated rings. The molecular weight excluding hydrogens is 394 g/mol. The number of thiophene rings is 1. The van der Waals surface area contributed by atoms with Gasteiger partial charge in [0.2, 0.25) is 0 Å². The van der Waals surface area contributed by atoms with Crippen LogP contribution in [0.2, 0.25) is 0 Å². The number of likely N-dealkylation sites (tertiary alicyclic amines) is 1. The molecule has 28 heavy (non-hydrogen) atoms. The van der Waals surface area contributed by atoms with Crippen LogP contribution in [0.3, 0.4) is 0 Å².